The molecule has 1 saturated heterocycles. The van der Waals surface area contributed by atoms with E-state index in [1.165, 1.54) is 11.3 Å². The van der Waals surface area contributed by atoms with Gasteiger partial charge in [0.2, 0.25) is 0 Å². The summed E-state index contributed by atoms with van der Waals surface area (Å²) in [5.74, 6) is 0. The molecule has 69 valence electrons. The Bertz CT molecular complexity index is 262. The summed E-state index contributed by atoms with van der Waals surface area (Å²) in [5, 5.41) is 5.28. The Kier molecular flexibility index (Phi) is 5.51. The monoisotopic (exact) mass is 429 g/mol. The number of hydrogen-bond donors (Lipinski definition) is 0. The Morgan fingerprint density at radius 3 is 2.69 bits per heavy atom. The summed E-state index contributed by atoms with van der Waals surface area (Å²) in [4.78, 5) is 6.44. The van der Waals surface area contributed by atoms with E-state index >= 15 is 0 Å². The molecule has 0 N–H and O–H groups in total. The summed E-state index contributed by atoms with van der Waals surface area (Å²) >= 11 is 7.32. The molecule has 1 aliphatic rings. The van der Waals surface area contributed by atoms with E-state index in [0.717, 1.165) is 35.6 Å². The maximum atomic E-state index is 5.79. The summed E-state index contributed by atoms with van der Waals surface area (Å²) in [5.41, 5.74) is 0. The second-order valence-electron chi connectivity index (χ2n) is 2.60. The van der Waals surface area contributed by atoms with Crippen LogP contribution in [-0.2, 0) is 0 Å². The zero-order valence-corrected chi connectivity index (χ0v) is 13.4. The van der Waals surface area contributed by atoms with Gasteiger partial charge in [-0.25, -0.2) is 4.98 Å². The quantitative estimate of drug-likeness (QED) is 0.683. The van der Waals surface area contributed by atoms with E-state index in [0.29, 0.717) is 0 Å². The van der Waals surface area contributed by atoms with Crippen molar-refractivity contribution in [1.29, 1.82) is 0 Å². The van der Waals surface area contributed by atoms with E-state index in [9.17, 15) is 0 Å². The molecular weight excluding hydrogens is 421 g/mol. The summed E-state index contributed by atoms with van der Waals surface area (Å²) < 4.78 is 0.757. The van der Waals surface area contributed by atoms with Crippen LogP contribution < -0.4 is 4.90 Å². The molecule has 0 aromatic carbocycles. The number of aromatic nitrogens is 1. The maximum absolute atomic E-state index is 5.79. The SMILES string of the molecule is Clc1cnc(N2CC[N-]CC2)s1.[Ac]. The van der Waals surface area contributed by atoms with E-state index in [1.807, 2.05) is 0 Å². The summed E-state index contributed by atoms with van der Waals surface area (Å²) in [6.07, 6.45) is 1.70. The number of halogens is 1. The summed E-state index contributed by atoms with van der Waals surface area (Å²) in [7, 11) is 0. The van der Waals surface area contributed by atoms with E-state index < -0.39 is 0 Å². The topological polar surface area (TPSA) is 30.2 Å². The zero-order chi connectivity index (χ0) is 8.39. The van der Waals surface area contributed by atoms with Crippen LogP contribution in [0.15, 0.2) is 6.20 Å². The molecule has 0 amide bonds. The van der Waals surface area contributed by atoms with Crippen LogP contribution in [0.5, 0.6) is 0 Å². The minimum absolute atomic E-state index is 0. The largest absolute Gasteiger partial charge is 0.659 e. The normalized spacial score (nSPS) is 16.8. The van der Waals surface area contributed by atoms with Crippen LogP contribution in [0.4, 0.5) is 5.13 Å². The number of piperazine rings is 1. The van der Waals surface area contributed by atoms with Crippen molar-refractivity contribution in [3.63, 3.8) is 0 Å². The van der Waals surface area contributed by atoms with Gasteiger partial charge in [-0.1, -0.05) is 22.9 Å². The van der Waals surface area contributed by atoms with Gasteiger partial charge in [0.15, 0.2) is 5.13 Å². The fourth-order valence-electron chi connectivity index (χ4n) is 1.19. The molecule has 2 heterocycles. The van der Waals surface area contributed by atoms with Crippen molar-refractivity contribution >= 4 is 28.1 Å². The first-order chi connectivity index (χ1) is 5.86. The van der Waals surface area contributed by atoms with Gasteiger partial charge in [0.25, 0.3) is 0 Å². The Balaban J connectivity index is 0.000000845. The molecule has 0 bridgehead atoms. The molecular formula is C7H9AcClN3S-. The van der Waals surface area contributed by atoms with Gasteiger partial charge in [-0.15, -0.1) is 13.1 Å². The van der Waals surface area contributed by atoms with E-state index in [2.05, 4.69) is 15.2 Å². The molecule has 1 aromatic rings. The fourth-order valence-corrected chi connectivity index (χ4v) is 2.14. The predicted molar refractivity (Wildman–Crippen MR) is 52.4 cm³/mol. The van der Waals surface area contributed by atoms with Crippen molar-refractivity contribution in [2.24, 2.45) is 0 Å². The molecule has 0 atom stereocenters. The first-order valence-electron chi connectivity index (χ1n) is 3.86. The van der Waals surface area contributed by atoms with Crippen molar-refractivity contribution in [2.45, 2.75) is 0 Å². The standard InChI is InChI=1S/C7H9ClN3S.Ac/c8-6-5-10-7(12-6)11-3-1-9-2-4-11;/h5H,1-4H2;/q-1;. The number of nitrogens with zero attached hydrogens (tertiary/aromatic N) is 3. The van der Waals surface area contributed by atoms with E-state index in [-0.39, 0.29) is 44.1 Å². The third kappa shape index (κ3) is 3.32. The van der Waals surface area contributed by atoms with Crippen LogP contribution >= 0.6 is 22.9 Å². The van der Waals surface area contributed by atoms with E-state index in [1.54, 1.807) is 6.20 Å². The smallest absolute Gasteiger partial charge is 0.186 e. The third-order valence-corrected chi connectivity index (χ3v) is 2.97. The molecule has 0 saturated carbocycles. The van der Waals surface area contributed by atoms with Crippen molar-refractivity contribution in [1.82, 2.24) is 4.98 Å². The number of thiazole rings is 1. The molecule has 1 radical (unpaired) electrons. The molecule has 1 fully saturated rings. The average Bonchev–Trinajstić information content (AvgIpc) is 2.54. The van der Waals surface area contributed by atoms with Crippen molar-refractivity contribution in [3.05, 3.63) is 15.8 Å². The minimum Gasteiger partial charge on any atom is -0.659 e. The Labute approximate surface area is 122 Å². The molecule has 6 heteroatoms. The van der Waals surface area contributed by atoms with Crippen LogP contribution in [0.1, 0.15) is 0 Å². The van der Waals surface area contributed by atoms with Gasteiger partial charge in [0, 0.05) is 57.2 Å². The second-order valence-corrected chi connectivity index (χ2v) is 4.25. The molecule has 2 rings (SSSR count). The Morgan fingerprint density at radius 2 is 2.15 bits per heavy atom. The third-order valence-electron chi connectivity index (χ3n) is 1.79. The van der Waals surface area contributed by atoms with Gasteiger partial charge < -0.3 is 10.2 Å². The van der Waals surface area contributed by atoms with Crippen LogP contribution in [-0.4, -0.2) is 31.2 Å². The number of anilines is 1. The van der Waals surface area contributed by atoms with Gasteiger partial charge in [0.05, 0.1) is 6.20 Å². The average molecular weight is 430 g/mol. The van der Waals surface area contributed by atoms with Gasteiger partial charge in [0.1, 0.15) is 4.34 Å². The van der Waals surface area contributed by atoms with Crippen LogP contribution in [0.2, 0.25) is 4.34 Å². The van der Waals surface area contributed by atoms with Crippen molar-refractivity contribution in [2.75, 3.05) is 31.1 Å². The van der Waals surface area contributed by atoms with Gasteiger partial charge >= 0.3 is 0 Å². The van der Waals surface area contributed by atoms with Crippen molar-refractivity contribution < 1.29 is 44.1 Å². The second kappa shape index (κ2) is 5.87. The molecule has 0 unspecified atom stereocenters. The molecule has 0 aliphatic carbocycles. The van der Waals surface area contributed by atoms with Crippen molar-refractivity contribution in [3.8, 4) is 0 Å². The maximum Gasteiger partial charge on any atom is 0.186 e. The van der Waals surface area contributed by atoms with Crippen LogP contribution in [0.25, 0.3) is 5.32 Å². The van der Waals surface area contributed by atoms with Crippen LogP contribution in [0.3, 0.4) is 0 Å². The first-order valence-corrected chi connectivity index (χ1v) is 5.05. The molecule has 1 aliphatic heterocycles. The summed E-state index contributed by atoms with van der Waals surface area (Å²) in [6.45, 7) is 3.78. The van der Waals surface area contributed by atoms with Crippen LogP contribution in [0, 0.1) is 44.1 Å². The van der Waals surface area contributed by atoms with Gasteiger partial charge in [-0.3, -0.25) is 0 Å². The fraction of sp³-hybridized carbons (Fsp3) is 0.571. The Morgan fingerprint density at radius 1 is 1.46 bits per heavy atom. The van der Waals surface area contributed by atoms with Gasteiger partial charge in [-0.05, 0) is 0 Å². The zero-order valence-electron chi connectivity index (χ0n) is 7.11. The number of hydrogen-bond acceptors (Lipinski definition) is 3. The minimum atomic E-state index is 0. The first kappa shape index (κ1) is 12.2. The summed E-state index contributed by atoms with van der Waals surface area (Å²) in [6, 6.07) is 0. The molecule has 13 heavy (non-hydrogen) atoms. The molecule has 0 spiro atoms. The molecule has 1 aromatic heterocycles. The van der Waals surface area contributed by atoms with E-state index in [4.69, 9.17) is 11.6 Å². The predicted octanol–water partition coefficient (Wildman–Crippen LogP) is 1.99. The number of rotatable bonds is 1. The molecule has 3 nitrogen and oxygen atoms in total. The van der Waals surface area contributed by atoms with Gasteiger partial charge in [-0.2, -0.15) is 0 Å². The Hall–Kier alpha value is 1.12.